The lowest BCUT2D eigenvalue weighted by Gasteiger charge is -2.03. The minimum absolute atomic E-state index is 0.482. The fourth-order valence-electron chi connectivity index (χ4n) is 1.08. The number of hydrogen-bond donors (Lipinski definition) is 1. The Kier molecular flexibility index (Phi) is 3.85. The summed E-state index contributed by atoms with van der Waals surface area (Å²) in [7, 11) is 1.82. The van der Waals surface area contributed by atoms with Gasteiger partial charge >= 0.3 is 0 Å². The number of nitrogens with one attached hydrogen (secondary N) is 1. The van der Waals surface area contributed by atoms with Gasteiger partial charge in [-0.2, -0.15) is 0 Å². The van der Waals surface area contributed by atoms with Gasteiger partial charge in [0.2, 0.25) is 5.89 Å². The summed E-state index contributed by atoms with van der Waals surface area (Å²) in [5, 5.41) is 12.6. The smallest absolute Gasteiger partial charge is 0.282 e. The van der Waals surface area contributed by atoms with Crippen molar-refractivity contribution in [2.24, 2.45) is 0 Å². The van der Waals surface area contributed by atoms with E-state index >= 15 is 0 Å². The third-order valence-electron chi connectivity index (χ3n) is 1.82. The van der Waals surface area contributed by atoms with Gasteiger partial charge in [0.15, 0.2) is 5.16 Å². The highest BCUT2D eigenvalue weighted by Gasteiger charge is 2.09. The molecule has 0 bridgehead atoms. The third kappa shape index (κ3) is 3.10. The van der Waals surface area contributed by atoms with Gasteiger partial charge in [0, 0.05) is 20.0 Å². The molecular formula is C9H11N5OS2. The quantitative estimate of drug-likeness (QED) is 0.513. The van der Waals surface area contributed by atoms with Crippen molar-refractivity contribution < 1.29 is 4.42 Å². The zero-order valence-electron chi connectivity index (χ0n) is 9.59. The Morgan fingerprint density at radius 1 is 1.29 bits per heavy atom. The van der Waals surface area contributed by atoms with Crippen LogP contribution in [-0.4, -0.2) is 33.5 Å². The van der Waals surface area contributed by atoms with Crippen molar-refractivity contribution in [3.8, 4) is 0 Å². The second-order valence-corrected chi connectivity index (χ2v) is 4.76. The van der Waals surface area contributed by atoms with Gasteiger partial charge < -0.3 is 9.73 Å². The van der Waals surface area contributed by atoms with Crippen LogP contribution in [0.3, 0.4) is 0 Å². The minimum atomic E-state index is 0.482. The van der Waals surface area contributed by atoms with Crippen LogP contribution in [0, 0.1) is 6.92 Å². The Bertz CT molecular complexity index is 494. The summed E-state index contributed by atoms with van der Waals surface area (Å²) in [6, 6.07) is 1.84. The molecule has 6 nitrogen and oxygen atoms in total. The zero-order chi connectivity index (χ0) is 12.3. The van der Waals surface area contributed by atoms with E-state index in [1.807, 2.05) is 19.4 Å². The molecule has 0 saturated carbocycles. The van der Waals surface area contributed by atoms with Crippen LogP contribution < -0.4 is 5.32 Å². The lowest BCUT2D eigenvalue weighted by molar-refractivity contribution is 0.429. The first kappa shape index (κ1) is 12.2. The van der Waals surface area contributed by atoms with Crippen LogP contribution in [-0.2, 0) is 0 Å². The average Bonchev–Trinajstić information content (AvgIpc) is 2.74. The summed E-state index contributed by atoms with van der Waals surface area (Å²) in [5.41, 5.74) is 0. The summed E-state index contributed by atoms with van der Waals surface area (Å²) in [6.45, 7) is 1.75. The predicted molar refractivity (Wildman–Crippen MR) is 66.5 cm³/mol. The maximum atomic E-state index is 5.29. The summed E-state index contributed by atoms with van der Waals surface area (Å²) >= 11 is 2.81. The largest absolute Gasteiger partial charge is 0.416 e. The maximum absolute atomic E-state index is 5.29. The minimum Gasteiger partial charge on any atom is -0.416 e. The summed E-state index contributed by atoms with van der Waals surface area (Å²) in [5.74, 6) is 1.31. The van der Waals surface area contributed by atoms with Crippen molar-refractivity contribution in [2.75, 3.05) is 18.6 Å². The molecule has 90 valence electrons. The second kappa shape index (κ2) is 5.37. The maximum Gasteiger partial charge on any atom is 0.282 e. The number of thioether (sulfide) groups is 1. The first-order valence-electron chi connectivity index (χ1n) is 4.80. The highest BCUT2D eigenvalue weighted by atomic mass is 32.2. The number of rotatable bonds is 4. The normalized spacial score (nSPS) is 10.5. The topological polar surface area (TPSA) is 76.7 Å². The lowest BCUT2D eigenvalue weighted by Crippen LogP contribution is -1.96. The molecule has 0 amide bonds. The Morgan fingerprint density at radius 3 is 2.71 bits per heavy atom. The number of aryl methyl sites for hydroxylation is 1. The van der Waals surface area contributed by atoms with Gasteiger partial charge in [-0.3, -0.25) is 0 Å². The first-order valence-corrected chi connectivity index (χ1v) is 6.84. The van der Waals surface area contributed by atoms with Crippen LogP contribution in [0.1, 0.15) is 5.89 Å². The molecule has 0 radical (unpaired) electrons. The predicted octanol–water partition coefficient (Wildman–Crippen LogP) is 2.08. The fourth-order valence-corrected chi connectivity index (χ4v) is 2.25. The molecule has 2 aromatic heterocycles. The van der Waals surface area contributed by atoms with Crippen LogP contribution in [0.15, 0.2) is 25.9 Å². The molecule has 0 aliphatic heterocycles. The molecule has 2 rings (SSSR count). The number of aromatic nitrogens is 4. The van der Waals surface area contributed by atoms with E-state index in [4.69, 9.17) is 4.42 Å². The van der Waals surface area contributed by atoms with Gasteiger partial charge in [0.05, 0.1) is 0 Å². The van der Waals surface area contributed by atoms with Crippen LogP contribution in [0.25, 0.3) is 0 Å². The van der Waals surface area contributed by atoms with E-state index in [0.29, 0.717) is 16.3 Å². The van der Waals surface area contributed by atoms with Crippen LogP contribution in [0.5, 0.6) is 0 Å². The van der Waals surface area contributed by atoms with Crippen LogP contribution in [0.4, 0.5) is 5.82 Å². The van der Waals surface area contributed by atoms with Crippen molar-refractivity contribution in [1.29, 1.82) is 0 Å². The SMILES string of the molecule is CNc1cc(Sc2nnc(C)o2)nc(SC)n1. The molecule has 0 atom stereocenters. The van der Waals surface area contributed by atoms with E-state index in [1.54, 1.807) is 6.92 Å². The second-order valence-electron chi connectivity index (χ2n) is 3.02. The molecule has 8 heteroatoms. The van der Waals surface area contributed by atoms with Gasteiger partial charge in [-0.1, -0.05) is 11.8 Å². The molecule has 17 heavy (non-hydrogen) atoms. The third-order valence-corrected chi connectivity index (χ3v) is 3.13. The van der Waals surface area contributed by atoms with Gasteiger partial charge in [0.25, 0.3) is 5.22 Å². The van der Waals surface area contributed by atoms with Crippen LogP contribution in [0.2, 0.25) is 0 Å². The standard InChI is InChI=1S/C9H11N5OS2/c1-5-13-14-9(15-5)17-7-4-6(10-2)11-8(12-7)16-3/h4H,1-3H3,(H,10,11,12). The summed E-state index contributed by atoms with van der Waals surface area (Å²) in [6.07, 6.45) is 1.93. The molecular weight excluding hydrogens is 258 g/mol. The van der Waals surface area contributed by atoms with Crippen molar-refractivity contribution in [1.82, 2.24) is 20.2 Å². The van der Waals surface area contributed by atoms with Crippen molar-refractivity contribution in [2.45, 2.75) is 22.3 Å². The fraction of sp³-hybridized carbons (Fsp3) is 0.333. The van der Waals surface area contributed by atoms with Gasteiger partial charge in [-0.05, 0) is 18.0 Å². The highest BCUT2D eigenvalue weighted by Crippen LogP contribution is 2.27. The molecule has 2 aromatic rings. The zero-order valence-corrected chi connectivity index (χ0v) is 11.2. The molecule has 0 aliphatic rings. The molecule has 0 aromatic carbocycles. The first-order chi connectivity index (χ1) is 8.21. The molecule has 0 spiro atoms. The number of anilines is 1. The Hall–Kier alpha value is -1.28. The van der Waals surface area contributed by atoms with Crippen LogP contribution >= 0.6 is 23.5 Å². The summed E-state index contributed by atoms with van der Waals surface area (Å²) < 4.78 is 5.29. The molecule has 0 aliphatic carbocycles. The van der Waals surface area contributed by atoms with E-state index in [1.165, 1.54) is 23.5 Å². The molecule has 2 heterocycles. The van der Waals surface area contributed by atoms with E-state index < -0.39 is 0 Å². The van der Waals surface area contributed by atoms with Crippen molar-refractivity contribution >= 4 is 29.3 Å². The van der Waals surface area contributed by atoms with E-state index in [0.717, 1.165) is 10.8 Å². The van der Waals surface area contributed by atoms with Crippen molar-refractivity contribution in [3.05, 3.63) is 12.0 Å². The number of nitrogens with zero attached hydrogens (tertiary/aromatic N) is 4. The average molecular weight is 269 g/mol. The van der Waals surface area contributed by atoms with E-state index in [9.17, 15) is 0 Å². The molecule has 0 fully saturated rings. The van der Waals surface area contributed by atoms with E-state index in [-0.39, 0.29) is 0 Å². The molecule has 0 saturated heterocycles. The monoisotopic (exact) mass is 269 g/mol. The van der Waals surface area contributed by atoms with Crippen molar-refractivity contribution in [3.63, 3.8) is 0 Å². The van der Waals surface area contributed by atoms with Gasteiger partial charge in [-0.15, -0.1) is 10.2 Å². The lowest BCUT2D eigenvalue weighted by atomic mass is 10.6. The Labute approximate surface area is 107 Å². The molecule has 0 unspecified atom stereocenters. The molecule has 1 N–H and O–H groups in total. The Morgan fingerprint density at radius 2 is 2.12 bits per heavy atom. The van der Waals surface area contributed by atoms with E-state index in [2.05, 4.69) is 25.5 Å². The highest BCUT2D eigenvalue weighted by molar-refractivity contribution is 7.99. The number of hydrogen-bond acceptors (Lipinski definition) is 8. The van der Waals surface area contributed by atoms with Gasteiger partial charge in [0.1, 0.15) is 10.8 Å². The Balaban J connectivity index is 2.25. The van der Waals surface area contributed by atoms with Gasteiger partial charge in [-0.25, -0.2) is 9.97 Å². The summed E-state index contributed by atoms with van der Waals surface area (Å²) in [4.78, 5) is 8.63.